The van der Waals surface area contributed by atoms with Gasteiger partial charge < -0.3 is 15.8 Å². The Kier molecular flexibility index (Phi) is 5.59. The molecular formula is C22H21N5O3S. The molecule has 0 bridgehead atoms. The molecular weight excluding hydrogens is 414 g/mol. The minimum absolute atomic E-state index is 0.103. The first-order chi connectivity index (χ1) is 14.9. The van der Waals surface area contributed by atoms with Gasteiger partial charge in [-0.1, -0.05) is 12.1 Å². The first-order valence-corrected chi connectivity index (χ1v) is 10.9. The summed E-state index contributed by atoms with van der Waals surface area (Å²) in [6, 6.07) is 19.0. The van der Waals surface area contributed by atoms with Crippen LogP contribution in [0.15, 0.2) is 77.8 Å². The molecule has 8 nitrogen and oxygen atoms in total. The number of benzene rings is 2. The molecule has 2 heterocycles. The maximum Gasteiger partial charge on any atom is 0.263 e. The smallest absolute Gasteiger partial charge is 0.263 e. The van der Waals surface area contributed by atoms with Gasteiger partial charge in [0.2, 0.25) is 0 Å². The first kappa shape index (κ1) is 20.4. The molecule has 2 aromatic carbocycles. The summed E-state index contributed by atoms with van der Waals surface area (Å²) < 4.78 is 32.8. The number of fused-ring (bicyclic) bond motifs is 1. The van der Waals surface area contributed by atoms with E-state index >= 15 is 0 Å². The van der Waals surface area contributed by atoms with E-state index in [1.807, 2.05) is 30.3 Å². The summed E-state index contributed by atoms with van der Waals surface area (Å²) in [5, 5.41) is 4.20. The third-order valence-electron chi connectivity index (χ3n) is 4.66. The highest BCUT2D eigenvalue weighted by Gasteiger charge is 2.16. The van der Waals surface area contributed by atoms with Crippen LogP contribution in [-0.4, -0.2) is 25.5 Å². The molecule has 31 heavy (non-hydrogen) atoms. The second-order valence-electron chi connectivity index (χ2n) is 6.80. The van der Waals surface area contributed by atoms with Gasteiger partial charge in [-0.3, -0.25) is 9.71 Å². The third-order valence-corrected chi connectivity index (χ3v) is 6.03. The zero-order valence-corrected chi connectivity index (χ0v) is 17.6. The Hall–Kier alpha value is -3.85. The SMILES string of the molecule is COc1ccc(S(=O)(=O)Nc2ccc(N)c(NCc3ccc4ncccc4c3)n2)cc1. The van der Waals surface area contributed by atoms with Crippen LogP contribution in [0.3, 0.4) is 0 Å². The van der Waals surface area contributed by atoms with Crippen LogP contribution in [-0.2, 0) is 16.6 Å². The zero-order chi connectivity index (χ0) is 21.8. The van der Waals surface area contributed by atoms with Gasteiger partial charge in [-0.2, -0.15) is 0 Å². The molecule has 4 aromatic rings. The summed E-state index contributed by atoms with van der Waals surface area (Å²) >= 11 is 0. The van der Waals surface area contributed by atoms with Gasteiger partial charge in [0.25, 0.3) is 10.0 Å². The van der Waals surface area contributed by atoms with Crippen LogP contribution < -0.4 is 20.5 Å². The number of hydrogen-bond acceptors (Lipinski definition) is 7. The number of rotatable bonds is 7. The number of nitrogens with zero attached hydrogens (tertiary/aromatic N) is 2. The lowest BCUT2D eigenvalue weighted by atomic mass is 10.1. The van der Waals surface area contributed by atoms with Gasteiger partial charge in [-0.05, 0) is 60.2 Å². The number of pyridine rings is 2. The Morgan fingerprint density at radius 2 is 1.84 bits per heavy atom. The van der Waals surface area contributed by atoms with Crippen LogP contribution in [0.4, 0.5) is 17.3 Å². The molecule has 9 heteroatoms. The maximum atomic E-state index is 12.7. The summed E-state index contributed by atoms with van der Waals surface area (Å²) in [4.78, 5) is 8.74. The van der Waals surface area contributed by atoms with Crippen LogP contribution in [0, 0.1) is 0 Å². The second-order valence-corrected chi connectivity index (χ2v) is 8.48. The van der Waals surface area contributed by atoms with E-state index in [9.17, 15) is 8.42 Å². The summed E-state index contributed by atoms with van der Waals surface area (Å²) in [5.74, 6) is 1.12. The molecule has 0 radical (unpaired) electrons. The highest BCUT2D eigenvalue weighted by atomic mass is 32.2. The van der Waals surface area contributed by atoms with Gasteiger partial charge in [-0.15, -0.1) is 0 Å². The molecule has 0 aliphatic rings. The van der Waals surface area contributed by atoms with Gasteiger partial charge in [-0.25, -0.2) is 13.4 Å². The fourth-order valence-electron chi connectivity index (χ4n) is 3.04. The fourth-order valence-corrected chi connectivity index (χ4v) is 4.04. The van der Waals surface area contributed by atoms with E-state index in [-0.39, 0.29) is 10.7 Å². The molecule has 4 rings (SSSR count). The molecule has 0 unspecified atom stereocenters. The van der Waals surface area contributed by atoms with E-state index in [0.717, 1.165) is 16.5 Å². The van der Waals surface area contributed by atoms with E-state index in [0.29, 0.717) is 23.8 Å². The fraction of sp³-hybridized carbons (Fsp3) is 0.0909. The average molecular weight is 436 g/mol. The Morgan fingerprint density at radius 3 is 2.61 bits per heavy atom. The van der Waals surface area contributed by atoms with Crippen molar-refractivity contribution < 1.29 is 13.2 Å². The molecule has 4 N–H and O–H groups in total. The van der Waals surface area contributed by atoms with E-state index in [2.05, 4.69) is 20.0 Å². The molecule has 0 atom stereocenters. The van der Waals surface area contributed by atoms with Crippen molar-refractivity contribution in [2.45, 2.75) is 11.4 Å². The minimum Gasteiger partial charge on any atom is -0.497 e. The van der Waals surface area contributed by atoms with Crippen molar-refractivity contribution in [3.05, 3.63) is 78.5 Å². The number of hydrogen-bond donors (Lipinski definition) is 3. The Labute approximate surface area is 180 Å². The van der Waals surface area contributed by atoms with E-state index in [1.165, 1.54) is 25.3 Å². The van der Waals surface area contributed by atoms with Crippen LogP contribution in [0.5, 0.6) is 5.75 Å². The van der Waals surface area contributed by atoms with Crippen LogP contribution in [0.25, 0.3) is 10.9 Å². The number of sulfonamides is 1. The Bertz CT molecular complexity index is 1320. The van der Waals surface area contributed by atoms with Gasteiger partial charge in [0.15, 0.2) is 5.82 Å². The predicted molar refractivity (Wildman–Crippen MR) is 122 cm³/mol. The number of nitrogen functional groups attached to an aromatic ring is 1. The van der Waals surface area contributed by atoms with Gasteiger partial charge in [0, 0.05) is 18.1 Å². The van der Waals surface area contributed by atoms with E-state index in [1.54, 1.807) is 24.4 Å². The van der Waals surface area contributed by atoms with Gasteiger partial charge in [0.05, 0.1) is 23.2 Å². The van der Waals surface area contributed by atoms with Crippen molar-refractivity contribution in [2.24, 2.45) is 0 Å². The summed E-state index contributed by atoms with van der Waals surface area (Å²) in [6.45, 7) is 0.469. The van der Waals surface area contributed by atoms with E-state index < -0.39 is 10.0 Å². The van der Waals surface area contributed by atoms with Crippen molar-refractivity contribution in [1.29, 1.82) is 0 Å². The van der Waals surface area contributed by atoms with Crippen LogP contribution in [0.1, 0.15) is 5.56 Å². The van der Waals surface area contributed by atoms with Crippen LogP contribution in [0.2, 0.25) is 0 Å². The molecule has 158 valence electrons. The molecule has 0 amide bonds. The summed E-state index contributed by atoms with van der Waals surface area (Å²) in [6.07, 6.45) is 1.75. The molecule has 0 saturated carbocycles. The molecule has 0 spiro atoms. The largest absolute Gasteiger partial charge is 0.497 e. The summed E-state index contributed by atoms with van der Waals surface area (Å²) in [7, 11) is -2.29. The molecule has 0 aliphatic heterocycles. The molecule has 0 aliphatic carbocycles. The third kappa shape index (κ3) is 4.67. The lowest BCUT2D eigenvalue weighted by molar-refractivity contribution is 0.414. The number of aromatic nitrogens is 2. The monoisotopic (exact) mass is 435 g/mol. The number of nitrogens with one attached hydrogen (secondary N) is 2. The van der Waals surface area contributed by atoms with Crippen molar-refractivity contribution >= 4 is 38.2 Å². The Morgan fingerprint density at radius 1 is 1.03 bits per heavy atom. The number of nitrogens with two attached hydrogens (primary N) is 1. The quantitative estimate of drug-likeness (QED) is 0.405. The molecule has 0 saturated heterocycles. The highest BCUT2D eigenvalue weighted by molar-refractivity contribution is 7.92. The van der Waals surface area contributed by atoms with Crippen molar-refractivity contribution in [3.8, 4) is 5.75 Å². The first-order valence-electron chi connectivity index (χ1n) is 9.45. The number of ether oxygens (including phenoxy) is 1. The second kappa shape index (κ2) is 8.49. The summed E-state index contributed by atoms with van der Waals surface area (Å²) in [5.41, 5.74) is 8.37. The average Bonchev–Trinajstić information content (AvgIpc) is 2.79. The van der Waals surface area contributed by atoms with Crippen molar-refractivity contribution in [3.63, 3.8) is 0 Å². The highest BCUT2D eigenvalue weighted by Crippen LogP contribution is 2.23. The minimum atomic E-state index is -3.80. The molecule has 2 aromatic heterocycles. The molecule has 0 fully saturated rings. The maximum absolute atomic E-state index is 12.7. The predicted octanol–water partition coefficient (Wildman–Crippen LogP) is 3.63. The van der Waals surface area contributed by atoms with Crippen molar-refractivity contribution in [1.82, 2.24) is 9.97 Å². The van der Waals surface area contributed by atoms with Gasteiger partial charge >= 0.3 is 0 Å². The topological polar surface area (TPSA) is 119 Å². The van der Waals surface area contributed by atoms with Gasteiger partial charge in [0.1, 0.15) is 11.6 Å². The van der Waals surface area contributed by atoms with Crippen molar-refractivity contribution in [2.75, 3.05) is 22.9 Å². The standard InChI is InChI=1S/C22H21N5O3S/c1-30-17-5-7-18(8-6-17)31(28,29)27-21-11-9-19(23)22(26-21)25-14-15-4-10-20-16(13-15)3-2-12-24-20/h2-13H,14,23H2,1H3,(H2,25,26,27). The normalized spacial score (nSPS) is 11.3. The lowest BCUT2D eigenvalue weighted by Crippen LogP contribution is -2.15. The Balaban J connectivity index is 1.50. The van der Waals surface area contributed by atoms with Crippen LogP contribution >= 0.6 is 0 Å². The number of methoxy groups -OCH3 is 1. The zero-order valence-electron chi connectivity index (χ0n) is 16.7. The number of anilines is 3. The lowest BCUT2D eigenvalue weighted by Gasteiger charge is -2.12. The van der Waals surface area contributed by atoms with E-state index in [4.69, 9.17) is 10.5 Å².